The smallest absolute Gasteiger partial charge is 0.303 e. The lowest BCUT2D eigenvalue weighted by atomic mass is 9.97. The molecule has 2 heteroatoms. The van der Waals surface area contributed by atoms with Gasteiger partial charge in [-0.25, -0.2) is 0 Å². The predicted molar refractivity (Wildman–Crippen MR) is 77.8 cm³/mol. The van der Waals surface area contributed by atoms with Crippen LogP contribution in [0.4, 0.5) is 0 Å². The minimum absolute atomic E-state index is 0.330. The molecule has 0 amide bonds. The van der Waals surface area contributed by atoms with Crippen molar-refractivity contribution >= 4 is 5.97 Å². The van der Waals surface area contributed by atoms with Crippen LogP contribution in [0.2, 0.25) is 0 Å². The Bertz CT molecular complexity index is 199. The standard InChI is InChI=1S/C16H32O2/c1-14(2)10-8-6-4-5-7-9-11-15(3)12-13-16(17)18/h14-15H,4-13H2,1-3H3,(H,17,18)/t15-/m0/s1. The Kier molecular flexibility index (Phi) is 11.2. The molecule has 0 bridgehead atoms. The number of aliphatic carboxylic acids is 1. The highest BCUT2D eigenvalue weighted by molar-refractivity contribution is 5.66. The van der Waals surface area contributed by atoms with E-state index in [1.807, 2.05) is 0 Å². The molecule has 0 spiro atoms. The van der Waals surface area contributed by atoms with Gasteiger partial charge in [-0.2, -0.15) is 0 Å². The fraction of sp³-hybridized carbons (Fsp3) is 0.938. The number of carboxylic acids is 1. The van der Waals surface area contributed by atoms with Crippen molar-refractivity contribution in [2.45, 2.75) is 85.0 Å². The molecule has 0 rings (SSSR count). The maximum Gasteiger partial charge on any atom is 0.303 e. The first-order chi connectivity index (χ1) is 8.52. The van der Waals surface area contributed by atoms with Crippen LogP contribution in [0.5, 0.6) is 0 Å². The van der Waals surface area contributed by atoms with Crippen molar-refractivity contribution < 1.29 is 9.90 Å². The predicted octanol–water partition coefficient (Wildman–Crippen LogP) is 5.26. The van der Waals surface area contributed by atoms with Gasteiger partial charge in [0.2, 0.25) is 0 Å². The monoisotopic (exact) mass is 256 g/mol. The third-order valence-electron chi connectivity index (χ3n) is 3.58. The molecule has 0 aromatic rings. The van der Waals surface area contributed by atoms with E-state index in [1.54, 1.807) is 0 Å². The first kappa shape index (κ1) is 17.5. The third kappa shape index (κ3) is 13.5. The first-order valence-corrected chi connectivity index (χ1v) is 7.74. The Morgan fingerprint density at radius 1 is 0.833 bits per heavy atom. The van der Waals surface area contributed by atoms with Gasteiger partial charge in [0.25, 0.3) is 0 Å². The molecule has 18 heavy (non-hydrogen) atoms. The van der Waals surface area contributed by atoms with Crippen molar-refractivity contribution in [3.05, 3.63) is 0 Å². The SMILES string of the molecule is CC(C)CCCCCCCC[C@H](C)CCC(=O)O. The van der Waals surface area contributed by atoms with E-state index in [2.05, 4.69) is 20.8 Å². The zero-order valence-corrected chi connectivity index (χ0v) is 12.6. The van der Waals surface area contributed by atoms with Crippen LogP contribution in [0, 0.1) is 11.8 Å². The maximum absolute atomic E-state index is 10.4. The Balaban J connectivity index is 3.17. The number of rotatable bonds is 12. The van der Waals surface area contributed by atoms with Gasteiger partial charge in [0.05, 0.1) is 0 Å². The summed E-state index contributed by atoms with van der Waals surface area (Å²) in [6.45, 7) is 6.75. The fourth-order valence-electron chi connectivity index (χ4n) is 2.27. The second kappa shape index (κ2) is 11.6. The molecule has 0 heterocycles. The molecule has 0 aliphatic rings. The molecule has 0 saturated carbocycles. The average molecular weight is 256 g/mol. The van der Waals surface area contributed by atoms with Gasteiger partial charge in [0, 0.05) is 6.42 Å². The van der Waals surface area contributed by atoms with Gasteiger partial charge < -0.3 is 5.11 Å². The van der Waals surface area contributed by atoms with Crippen LogP contribution >= 0.6 is 0 Å². The average Bonchev–Trinajstić information content (AvgIpc) is 2.29. The Morgan fingerprint density at radius 3 is 1.83 bits per heavy atom. The first-order valence-electron chi connectivity index (χ1n) is 7.74. The van der Waals surface area contributed by atoms with Gasteiger partial charge in [0.15, 0.2) is 0 Å². The topological polar surface area (TPSA) is 37.3 Å². The number of carbonyl (C=O) groups is 1. The molecule has 2 nitrogen and oxygen atoms in total. The second-order valence-electron chi connectivity index (χ2n) is 6.13. The summed E-state index contributed by atoms with van der Waals surface area (Å²) in [5.74, 6) is 0.758. The second-order valence-corrected chi connectivity index (χ2v) is 6.13. The van der Waals surface area contributed by atoms with Crippen LogP contribution in [0.25, 0.3) is 0 Å². The maximum atomic E-state index is 10.4. The minimum Gasteiger partial charge on any atom is -0.481 e. The van der Waals surface area contributed by atoms with Gasteiger partial charge in [-0.05, 0) is 18.3 Å². The van der Waals surface area contributed by atoms with Gasteiger partial charge in [-0.15, -0.1) is 0 Å². The van der Waals surface area contributed by atoms with Crippen LogP contribution in [0.15, 0.2) is 0 Å². The van der Waals surface area contributed by atoms with Gasteiger partial charge in [-0.3, -0.25) is 4.79 Å². The fourth-order valence-corrected chi connectivity index (χ4v) is 2.27. The summed E-state index contributed by atoms with van der Waals surface area (Å²) in [5.41, 5.74) is 0. The van der Waals surface area contributed by atoms with Crippen molar-refractivity contribution in [2.75, 3.05) is 0 Å². The molecular weight excluding hydrogens is 224 g/mol. The normalized spacial score (nSPS) is 12.9. The lowest BCUT2D eigenvalue weighted by molar-refractivity contribution is -0.137. The Morgan fingerprint density at radius 2 is 1.33 bits per heavy atom. The molecule has 0 aromatic heterocycles. The molecule has 0 fully saturated rings. The van der Waals surface area contributed by atoms with Gasteiger partial charge in [0.1, 0.15) is 0 Å². The molecular formula is C16H32O2. The molecule has 0 aliphatic carbocycles. The van der Waals surface area contributed by atoms with E-state index >= 15 is 0 Å². The summed E-state index contributed by atoms with van der Waals surface area (Å²) in [5, 5.41) is 8.59. The number of hydrogen-bond donors (Lipinski definition) is 1. The van der Waals surface area contributed by atoms with Crippen molar-refractivity contribution in [2.24, 2.45) is 11.8 Å². The zero-order chi connectivity index (χ0) is 13.8. The number of unbranched alkanes of at least 4 members (excludes halogenated alkanes) is 5. The Hall–Kier alpha value is -0.530. The van der Waals surface area contributed by atoms with E-state index in [4.69, 9.17) is 5.11 Å². The molecule has 0 aromatic carbocycles. The quantitative estimate of drug-likeness (QED) is 0.483. The third-order valence-corrected chi connectivity index (χ3v) is 3.58. The highest BCUT2D eigenvalue weighted by Crippen LogP contribution is 2.16. The summed E-state index contributed by atoms with van der Waals surface area (Å²) in [6, 6.07) is 0. The van der Waals surface area contributed by atoms with Crippen molar-refractivity contribution in [1.29, 1.82) is 0 Å². The van der Waals surface area contributed by atoms with E-state index in [0.717, 1.165) is 12.3 Å². The summed E-state index contributed by atoms with van der Waals surface area (Å²) in [4.78, 5) is 10.4. The molecule has 1 atom stereocenters. The van der Waals surface area contributed by atoms with Gasteiger partial charge >= 0.3 is 5.97 Å². The highest BCUT2D eigenvalue weighted by atomic mass is 16.4. The minimum atomic E-state index is -0.660. The van der Waals surface area contributed by atoms with E-state index < -0.39 is 5.97 Å². The number of carboxylic acid groups (broad SMARTS) is 1. The van der Waals surface area contributed by atoms with Crippen molar-refractivity contribution in [3.8, 4) is 0 Å². The van der Waals surface area contributed by atoms with E-state index in [-0.39, 0.29) is 0 Å². The van der Waals surface area contributed by atoms with Gasteiger partial charge in [-0.1, -0.05) is 72.1 Å². The largest absolute Gasteiger partial charge is 0.481 e. The van der Waals surface area contributed by atoms with E-state index in [9.17, 15) is 4.79 Å². The van der Waals surface area contributed by atoms with Crippen molar-refractivity contribution in [1.82, 2.24) is 0 Å². The summed E-state index contributed by atoms with van der Waals surface area (Å²) >= 11 is 0. The van der Waals surface area contributed by atoms with Crippen LogP contribution < -0.4 is 0 Å². The highest BCUT2D eigenvalue weighted by Gasteiger charge is 2.05. The van der Waals surface area contributed by atoms with Crippen molar-refractivity contribution in [3.63, 3.8) is 0 Å². The summed E-state index contributed by atoms with van der Waals surface area (Å²) in [7, 11) is 0. The molecule has 0 aliphatic heterocycles. The van der Waals surface area contributed by atoms with E-state index in [0.29, 0.717) is 12.3 Å². The molecule has 0 unspecified atom stereocenters. The lowest BCUT2D eigenvalue weighted by Gasteiger charge is -2.09. The lowest BCUT2D eigenvalue weighted by Crippen LogP contribution is -2.01. The van der Waals surface area contributed by atoms with E-state index in [1.165, 1.54) is 51.4 Å². The van der Waals surface area contributed by atoms with Crippen LogP contribution in [0.1, 0.15) is 85.0 Å². The van der Waals surface area contributed by atoms with Crippen LogP contribution in [-0.2, 0) is 4.79 Å². The summed E-state index contributed by atoms with van der Waals surface area (Å²) in [6.07, 6.45) is 11.8. The molecule has 1 N–H and O–H groups in total. The Labute approximate surface area is 113 Å². The van der Waals surface area contributed by atoms with Crippen LogP contribution in [0.3, 0.4) is 0 Å². The zero-order valence-electron chi connectivity index (χ0n) is 12.6. The summed E-state index contributed by atoms with van der Waals surface area (Å²) < 4.78 is 0. The molecule has 108 valence electrons. The molecule has 0 radical (unpaired) electrons. The number of hydrogen-bond acceptors (Lipinski definition) is 1. The molecule has 0 saturated heterocycles. The van der Waals surface area contributed by atoms with Crippen LogP contribution in [-0.4, -0.2) is 11.1 Å².